The minimum atomic E-state index is -4.67. The molecule has 6 nitrogen and oxygen atoms in total. The Morgan fingerprint density at radius 2 is 2.00 bits per heavy atom. The van der Waals surface area contributed by atoms with Crippen molar-refractivity contribution in [2.75, 3.05) is 18.2 Å². The Morgan fingerprint density at radius 1 is 1.29 bits per heavy atom. The van der Waals surface area contributed by atoms with Gasteiger partial charge in [-0.05, 0) is 43.0 Å². The molecule has 0 aliphatic heterocycles. The Hall–Kier alpha value is -2.62. The summed E-state index contributed by atoms with van der Waals surface area (Å²) in [5, 5.41) is 2.40. The second kappa shape index (κ2) is 7.42. The Balaban J connectivity index is 1.90. The molecular weight excluding hydrogens is 397 g/mol. The highest BCUT2D eigenvalue weighted by atomic mass is 32.2. The molecule has 1 saturated carbocycles. The highest BCUT2D eigenvalue weighted by molar-refractivity contribution is 7.90. The number of anilines is 1. The number of carbonyl (C=O) groups excluding carboxylic acids is 1. The second-order valence-electron chi connectivity index (χ2n) is 6.58. The number of alkyl halides is 3. The fourth-order valence-electron chi connectivity index (χ4n) is 2.37. The first-order valence-corrected chi connectivity index (χ1v) is 10.2. The smallest absolute Gasteiger partial charge is 0.417 e. The molecular formula is C18H17F3N2O4S. The lowest BCUT2D eigenvalue weighted by molar-refractivity contribution is -0.137. The number of aromatic nitrogens is 1. The zero-order valence-corrected chi connectivity index (χ0v) is 15.6. The normalized spacial score (nSPS) is 14.6. The fourth-order valence-corrected chi connectivity index (χ4v) is 3.04. The van der Waals surface area contributed by atoms with E-state index >= 15 is 0 Å². The van der Waals surface area contributed by atoms with E-state index in [4.69, 9.17) is 4.74 Å². The topological polar surface area (TPSA) is 85.4 Å². The molecule has 1 amide bonds. The quantitative estimate of drug-likeness (QED) is 0.782. The van der Waals surface area contributed by atoms with Gasteiger partial charge < -0.3 is 10.1 Å². The van der Waals surface area contributed by atoms with Crippen LogP contribution in [0.3, 0.4) is 0 Å². The van der Waals surface area contributed by atoms with E-state index in [0.29, 0.717) is 18.2 Å². The van der Waals surface area contributed by atoms with Gasteiger partial charge in [-0.3, -0.25) is 4.79 Å². The maximum absolute atomic E-state index is 13.0. The number of nitrogens with one attached hydrogen (secondary N) is 1. The first kappa shape index (κ1) is 20.1. The number of benzene rings is 1. The van der Waals surface area contributed by atoms with E-state index in [-0.39, 0.29) is 28.6 Å². The average Bonchev–Trinajstić information content (AvgIpc) is 3.43. The number of amides is 1. The average molecular weight is 414 g/mol. The van der Waals surface area contributed by atoms with Crippen LogP contribution in [0.25, 0.3) is 0 Å². The van der Waals surface area contributed by atoms with E-state index < -0.39 is 27.5 Å². The summed E-state index contributed by atoms with van der Waals surface area (Å²) in [6.45, 7) is 0.266. The molecule has 0 radical (unpaired) electrons. The molecule has 0 unspecified atom stereocenters. The van der Waals surface area contributed by atoms with Gasteiger partial charge in [0.25, 0.3) is 5.91 Å². The number of nitrogens with zero attached hydrogens (tertiary/aromatic N) is 1. The molecule has 1 heterocycles. The lowest BCUT2D eigenvalue weighted by Crippen LogP contribution is -2.17. The van der Waals surface area contributed by atoms with Gasteiger partial charge in [-0.15, -0.1) is 0 Å². The number of hydrogen-bond acceptors (Lipinski definition) is 5. The van der Waals surface area contributed by atoms with Crippen molar-refractivity contribution in [1.29, 1.82) is 0 Å². The van der Waals surface area contributed by atoms with Gasteiger partial charge in [0.2, 0.25) is 5.88 Å². The van der Waals surface area contributed by atoms with E-state index in [2.05, 4.69) is 10.3 Å². The summed E-state index contributed by atoms with van der Waals surface area (Å²) in [6, 6.07) is 6.09. The van der Waals surface area contributed by atoms with Crippen LogP contribution in [0.4, 0.5) is 18.9 Å². The highest BCUT2D eigenvalue weighted by Gasteiger charge is 2.33. The van der Waals surface area contributed by atoms with E-state index in [1.165, 1.54) is 24.3 Å². The van der Waals surface area contributed by atoms with Crippen LogP contribution in [0.1, 0.15) is 28.8 Å². The molecule has 10 heteroatoms. The molecule has 0 saturated heterocycles. The third-order valence-electron chi connectivity index (χ3n) is 4.10. The van der Waals surface area contributed by atoms with Crippen molar-refractivity contribution in [3.63, 3.8) is 0 Å². The summed E-state index contributed by atoms with van der Waals surface area (Å²) < 4.78 is 67.8. The molecule has 3 rings (SSSR count). The van der Waals surface area contributed by atoms with Crippen LogP contribution in [0.5, 0.6) is 5.88 Å². The van der Waals surface area contributed by atoms with Gasteiger partial charge >= 0.3 is 6.18 Å². The number of carbonyl (C=O) groups is 1. The Labute approximate surface area is 159 Å². The van der Waals surface area contributed by atoms with E-state index in [1.807, 2.05) is 0 Å². The van der Waals surface area contributed by atoms with Crippen molar-refractivity contribution in [2.45, 2.75) is 23.9 Å². The SMILES string of the molecule is CS(=O)(=O)c1cccc(NC(=O)c2cc(C(F)(F)F)cnc2OCC2CC2)c1. The second-order valence-corrected chi connectivity index (χ2v) is 8.60. The van der Waals surface area contributed by atoms with Gasteiger partial charge in [-0.1, -0.05) is 6.07 Å². The van der Waals surface area contributed by atoms with Gasteiger partial charge in [0, 0.05) is 18.1 Å². The van der Waals surface area contributed by atoms with E-state index in [0.717, 1.165) is 19.1 Å². The lowest BCUT2D eigenvalue weighted by atomic mass is 10.1. The Morgan fingerprint density at radius 3 is 2.61 bits per heavy atom. The zero-order valence-electron chi connectivity index (χ0n) is 14.8. The molecule has 150 valence electrons. The number of rotatable bonds is 6. The van der Waals surface area contributed by atoms with Gasteiger partial charge in [0.05, 0.1) is 17.1 Å². The van der Waals surface area contributed by atoms with E-state index in [1.54, 1.807) is 0 Å². The third kappa shape index (κ3) is 5.00. The van der Waals surface area contributed by atoms with Crippen LogP contribution >= 0.6 is 0 Å². The molecule has 1 aliphatic carbocycles. The van der Waals surface area contributed by atoms with E-state index in [9.17, 15) is 26.4 Å². The monoisotopic (exact) mass is 414 g/mol. The summed E-state index contributed by atoms with van der Waals surface area (Å²) in [7, 11) is -3.51. The van der Waals surface area contributed by atoms with Crippen LogP contribution < -0.4 is 10.1 Å². The number of hydrogen-bond donors (Lipinski definition) is 1. The molecule has 28 heavy (non-hydrogen) atoms. The fraction of sp³-hybridized carbons (Fsp3) is 0.333. The summed E-state index contributed by atoms with van der Waals surface area (Å²) in [5.41, 5.74) is -1.33. The molecule has 1 aromatic carbocycles. The molecule has 2 aromatic rings. The largest absolute Gasteiger partial charge is 0.477 e. The standard InChI is InChI=1S/C18H17F3N2O4S/c1-28(25,26)14-4-2-3-13(8-14)23-16(24)15-7-12(18(19,20)21)9-22-17(15)27-10-11-5-6-11/h2-4,7-9,11H,5-6,10H2,1H3,(H,23,24). The number of sulfone groups is 1. The predicted molar refractivity (Wildman–Crippen MR) is 95.0 cm³/mol. The zero-order chi connectivity index (χ0) is 20.5. The van der Waals surface area contributed by atoms with Crippen LogP contribution in [-0.2, 0) is 16.0 Å². The third-order valence-corrected chi connectivity index (χ3v) is 5.21. The van der Waals surface area contributed by atoms with Crippen LogP contribution in [0.15, 0.2) is 41.4 Å². The summed E-state index contributed by atoms with van der Waals surface area (Å²) in [5.74, 6) is -0.766. The van der Waals surface area contributed by atoms with Gasteiger partial charge in [0.1, 0.15) is 5.56 Å². The predicted octanol–water partition coefficient (Wildman–Crippen LogP) is 3.55. The number of pyridine rings is 1. The molecule has 1 aromatic heterocycles. The van der Waals surface area contributed by atoms with Crippen molar-refractivity contribution in [1.82, 2.24) is 4.98 Å². The van der Waals surface area contributed by atoms with Crippen molar-refractivity contribution >= 4 is 21.4 Å². The molecule has 0 atom stereocenters. The summed E-state index contributed by atoms with van der Waals surface area (Å²) in [6.07, 6.45) is -1.13. The maximum atomic E-state index is 13.0. The maximum Gasteiger partial charge on any atom is 0.417 e. The highest BCUT2D eigenvalue weighted by Crippen LogP contribution is 2.33. The number of halogens is 3. The molecule has 1 aliphatic rings. The Bertz CT molecular complexity index is 1000. The Kier molecular flexibility index (Phi) is 5.33. The minimum Gasteiger partial charge on any atom is -0.477 e. The van der Waals surface area contributed by atoms with Crippen molar-refractivity contribution < 1.29 is 31.1 Å². The number of ether oxygens (including phenoxy) is 1. The van der Waals surface area contributed by atoms with Crippen LogP contribution in [0.2, 0.25) is 0 Å². The van der Waals surface area contributed by atoms with Gasteiger partial charge in [0.15, 0.2) is 9.84 Å². The first-order valence-electron chi connectivity index (χ1n) is 8.35. The van der Waals surface area contributed by atoms with Crippen LogP contribution in [-0.4, -0.2) is 32.2 Å². The van der Waals surface area contributed by atoms with Gasteiger partial charge in [-0.2, -0.15) is 13.2 Å². The van der Waals surface area contributed by atoms with Gasteiger partial charge in [-0.25, -0.2) is 13.4 Å². The van der Waals surface area contributed by atoms with Crippen molar-refractivity contribution in [3.05, 3.63) is 47.7 Å². The molecule has 1 N–H and O–H groups in total. The summed E-state index contributed by atoms with van der Waals surface area (Å²) >= 11 is 0. The molecule has 1 fully saturated rings. The molecule has 0 spiro atoms. The van der Waals surface area contributed by atoms with Crippen molar-refractivity contribution in [3.8, 4) is 5.88 Å². The minimum absolute atomic E-state index is 0.0299. The lowest BCUT2D eigenvalue weighted by Gasteiger charge is -2.14. The molecule has 0 bridgehead atoms. The van der Waals surface area contributed by atoms with Crippen molar-refractivity contribution in [2.24, 2.45) is 5.92 Å². The van der Waals surface area contributed by atoms with Crippen LogP contribution in [0, 0.1) is 5.92 Å². The first-order chi connectivity index (χ1) is 13.0. The summed E-state index contributed by atoms with van der Waals surface area (Å²) in [4.78, 5) is 16.2.